The van der Waals surface area contributed by atoms with Crippen LogP contribution in [0.25, 0.3) is 0 Å². The molecule has 0 aromatic rings. The standard InChI is InChI=1S/C9H16O3/c1-2-12-9(11)7-5-3-4-6-8-10/h4,6,10H,2-3,5,7-8H2,1H3/b6-4+. The quantitative estimate of drug-likeness (QED) is 0.373. The molecule has 0 saturated carbocycles. The summed E-state index contributed by atoms with van der Waals surface area (Å²) < 4.78 is 4.74. The number of aliphatic hydroxyl groups excluding tert-OH is 1. The average Bonchev–Trinajstić information content (AvgIpc) is 2.05. The van der Waals surface area contributed by atoms with Gasteiger partial charge in [-0.05, 0) is 19.8 Å². The maximum Gasteiger partial charge on any atom is 0.305 e. The van der Waals surface area contributed by atoms with Crippen molar-refractivity contribution in [2.45, 2.75) is 26.2 Å². The number of hydrogen-bond acceptors (Lipinski definition) is 3. The molecule has 3 nitrogen and oxygen atoms in total. The minimum atomic E-state index is -0.144. The van der Waals surface area contributed by atoms with Crippen LogP contribution in [-0.2, 0) is 9.53 Å². The highest BCUT2D eigenvalue weighted by Crippen LogP contribution is 1.98. The van der Waals surface area contributed by atoms with Gasteiger partial charge in [0.2, 0.25) is 0 Å². The fraction of sp³-hybridized carbons (Fsp3) is 0.667. The number of carbonyl (C=O) groups excluding carboxylic acids is 1. The Balaban J connectivity index is 3.19. The summed E-state index contributed by atoms with van der Waals surface area (Å²) in [5, 5.41) is 8.38. The smallest absolute Gasteiger partial charge is 0.305 e. The topological polar surface area (TPSA) is 46.5 Å². The van der Waals surface area contributed by atoms with Gasteiger partial charge in [0.15, 0.2) is 0 Å². The van der Waals surface area contributed by atoms with Gasteiger partial charge in [0.25, 0.3) is 0 Å². The first kappa shape index (κ1) is 11.2. The summed E-state index contributed by atoms with van der Waals surface area (Å²) in [5.74, 6) is -0.144. The number of ether oxygens (including phenoxy) is 1. The number of esters is 1. The van der Waals surface area contributed by atoms with Crippen LogP contribution in [0.3, 0.4) is 0 Å². The summed E-state index contributed by atoms with van der Waals surface area (Å²) in [6.07, 6.45) is 5.60. The highest BCUT2D eigenvalue weighted by molar-refractivity contribution is 5.69. The Labute approximate surface area is 73.0 Å². The van der Waals surface area contributed by atoms with Gasteiger partial charge in [0, 0.05) is 6.42 Å². The summed E-state index contributed by atoms with van der Waals surface area (Å²) >= 11 is 0. The van der Waals surface area contributed by atoms with E-state index in [4.69, 9.17) is 9.84 Å². The molecule has 0 fully saturated rings. The van der Waals surface area contributed by atoms with Gasteiger partial charge in [-0.25, -0.2) is 0 Å². The van der Waals surface area contributed by atoms with E-state index in [1.54, 1.807) is 13.0 Å². The van der Waals surface area contributed by atoms with Gasteiger partial charge in [-0.15, -0.1) is 0 Å². The first-order chi connectivity index (χ1) is 5.81. The molecule has 0 heterocycles. The third-order valence-electron chi connectivity index (χ3n) is 1.33. The van der Waals surface area contributed by atoms with Crippen LogP contribution in [0.15, 0.2) is 12.2 Å². The van der Waals surface area contributed by atoms with E-state index < -0.39 is 0 Å². The summed E-state index contributed by atoms with van der Waals surface area (Å²) in [5.41, 5.74) is 0. The Morgan fingerprint density at radius 3 is 2.83 bits per heavy atom. The third kappa shape index (κ3) is 7.28. The lowest BCUT2D eigenvalue weighted by molar-refractivity contribution is -0.143. The minimum absolute atomic E-state index is 0.0689. The molecule has 1 N–H and O–H groups in total. The molecular formula is C9H16O3. The van der Waals surface area contributed by atoms with Gasteiger partial charge < -0.3 is 9.84 Å². The lowest BCUT2D eigenvalue weighted by atomic mass is 10.2. The van der Waals surface area contributed by atoms with Crippen LogP contribution in [0.1, 0.15) is 26.2 Å². The number of rotatable bonds is 6. The first-order valence-corrected chi connectivity index (χ1v) is 4.22. The second-order valence-electron chi connectivity index (χ2n) is 2.35. The van der Waals surface area contributed by atoms with Crippen LogP contribution < -0.4 is 0 Å². The molecule has 0 aromatic carbocycles. The number of unbranched alkanes of at least 4 members (excludes halogenated alkanes) is 1. The zero-order valence-corrected chi connectivity index (χ0v) is 7.45. The highest BCUT2D eigenvalue weighted by Gasteiger charge is 1.98. The van der Waals surface area contributed by atoms with E-state index in [1.165, 1.54) is 0 Å². The molecule has 0 aliphatic heterocycles. The van der Waals surface area contributed by atoms with Crippen LogP contribution in [0.4, 0.5) is 0 Å². The molecule has 0 aliphatic rings. The molecule has 0 atom stereocenters. The van der Waals surface area contributed by atoms with Crippen LogP contribution in [-0.4, -0.2) is 24.3 Å². The summed E-state index contributed by atoms with van der Waals surface area (Å²) in [7, 11) is 0. The summed E-state index contributed by atoms with van der Waals surface area (Å²) in [4.78, 5) is 10.8. The molecule has 0 bridgehead atoms. The molecule has 0 aromatic heterocycles. The van der Waals surface area contributed by atoms with Crippen LogP contribution in [0, 0.1) is 0 Å². The van der Waals surface area contributed by atoms with Gasteiger partial charge in [-0.1, -0.05) is 12.2 Å². The van der Waals surface area contributed by atoms with Crippen molar-refractivity contribution in [3.05, 3.63) is 12.2 Å². The van der Waals surface area contributed by atoms with Gasteiger partial charge in [0.1, 0.15) is 0 Å². The van der Waals surface area contributed by atoms with Gasteiger partial charge in [-0.2, -0.15) is 0 Å². The SMILES string of the molecule is CCOC(=O)CCC/C=C/CO. The zero-order valence-electron chi connectivity index (χ0n) is 7.45. The lowest BCUT2D eigenvalue weighted by Crippen LogP contribution is -2.02. The van der Waals surface area contributed by atoms with Gasteiger partial charge in [-0.3, -0.25) is 4.79 Å². The molecule has 0 amide bonds. The van der Waals surface area contributed by atoms with Crippen molar-refractivity contribution in [2.75, 3.05) is 13.2 Å². The lowest BCUT2D eigenvalue weighted by Gasteiger charge is -1.98. The summed E-state index contributed by atoms with van der Waals surface area (Å²) in [6.45, 7) is 2.31. The molecule has 0 spiro atoms. The second kappa shape index (κ2) is 8.27. The number of allylic oxidation sites excluding steroid dienone is 1. The second-order valence-corrected chi connectivity index (χ2v) is 2.35. The average molecular weight is 172 g/mol. The zero-order chi connectivity index (χ0) is 9.23. The van der Waals surface area contributed by atoms with Gasteiger partial charge in [0.05, 0.1) is 13.2 Å². The Kier molecular flexibility index (Phi) is 7.70. The van der Waals surface area contributed by atoms with Crippen LogP contribution >= 0.6 is 0 Å². The van der Waals surface area contributed by atoms with E-state index in [9.17, 15) is 4.79 Å². The predicted molar refractivity (Wildman–Crippen MR) is 46.7 cm³/mol. The minimum Gasteiger partial charge on any atom is -0.466 e. The normalized spacial score (nSPS) is 10.5. The Morgan fingerprint density at radius 2 is 2.25 bits per heavy atom. The number of carbonyl (C=O) groups is 1. The Hall–Kier alpha value is -0.830. The van der Waals surface area contributed by atoms with E-state index in [2.05, 4.69) is 0 Å². The fourth-order valence-corrected chi connectivity index (χ4v) is 0.790. The van der Waals surface area contributed by atoms with Crippen molar-refractivity contribution in [3.63, 3.8) is 0 Å². The Bertz CT molecular complexity index is 141. The van der Waals surface area contributed by atoms with E-state index in [0.717, 1.165) is 12.8 Å². The highest BCUT2D eigenvalue weighted by atomic mass is 16.5. The number of aliphatic hydroxyl groups is 1. The van der Waals surface area contributed by atoms with Crippen molar-refractivity contribution in [3.8, 4) is 0 Å². The monoisotopic (exact) mass is 172 g/mol. The number of hydrogen-bond donors (Lipinski definition) is 1. The maximum absolute atomic E-state index is 10.8. The largest absolute Gasteiger partial charge is 0.466 e. The molecule has 70 valence electrons. The molecular weight excluding hydrogens is 156 g/mol. The molecule has 3 heteroatoms. The van der Waals surface area contributed by atoms with Crippen molar-refractivity contribution >= 4 is 5.97 Å². The fourth-order valence-electron chi connectivity index (χ4n) is 0.790. The van der Waals surface area contributed by atoms with E-state index >= 15 is 0 Å². The summed E-state index contributed by atoms with van der Waals surface area (Å²) in [6, 6.07) is 0. The van der Waals surface area contributed by atoms with Crippen molar-refractivity contribution in [2.24, 2.45) is 0 Å². The van der Waals surface area contributed by atoms with Crippen molar-refractivity contribution in [1.29, 1.82) is 0 Å². The van der Waals surface area contributed by atoms with Crippen LogP contribution in [0.2, 0.25) is 0 Å². The van der Waals surface area contributed by atoms with Gasteiger partial charge >= 0.3 is 5.97 Å². The van der Waals surface area contributed by atoms with Crippen molar-refractivity contribution in [1.82, 2.24) is 0 Å². The van der Waals surface area contributed by atoms with E-state index in [0.29, 0.717) is 13.0 Å². The molecule has 0 radical (unpaired) electrons. The first-order valence-electron chi connectivity index (χ1n) is 4.22. The maximum atomic E-state index is 10.8. The predicted octanol–water partition coefficient (Wildman–Crippen LogP) is 1.27. The Morgan fingerprint density at radius 1 is 1.50 bits per heavy atom. The molecule has 0 saturated heterocycles. The molecule has 0 unspecified atom stereocenters. The van der Waals surface area contributed by atoms with Crippen molar-refractivity contribution < 1.29 is 14.6 Å². The molecule has 0 aliphatic carbocycles. The van der Waals surface area contributed by atoms with Crippen LogP contribution in [0.5, 0.6) is 0 Å². The third-order valence-corrected chi connectivity index (χ3v) is 1.33. The molecule has 0 rings (SSSR count). The molecule has 12 heavy (non-hydrogen) atoms. The van der Waals surface area contributed by atoms with E-state index in [-0.39, 0.29) is 12.6 Å². The van der Waals surface area contributed by atoms with E-state index in [1.807, 2.05) is 6.08 Å².